The fourth-order valence-electron chi connectivity index (χ4n) is 2.81. The molecule has 1 amide bonds. The molecule has 0 aliphatic carbocycles. The molecule has 6 nitrogen and oxygen atoms in total. The summed E-state index contributed by atoms with van der Waals surface area (Å²) in [6.45, 7) is 1.84. The fourth-order valence-corrected chi connectivity index (χ4v) is 4.42. The van der Waals surface area contributed by atoms with Crippen LogP contribution in [0.1, 0.15) is 6.92 Å². The molecule has 0 aliphatic rings. The molecule has 0 atom stereocenters. The zero-order valence-electron chi connectivity index (χ0n) is 16.6. The second-order valence-electron chi connectivity index (χ2n) is 6.43. The Balaban J connectivity index is 1.89. The van der Waals surface area contributed by atoms with Gasteiger partial charge in [0, 0.05) is 5.69 Å². The first-order valence-electron chi connectivity index (χ1n) is 9.37. The molecule has 0 heterocycles. The van der Waals surface area contributed by atoms with E-state index < -0.39 is 28.3 Å². The molecule has 0 aliphatic heterocycles. The summed E-state index contributed by atoms with van der Waals surface area (Å²) in [5, 5.41) is 2.40. The van der Waals surface area contributed by atoms with Crippen LogP contribution in [0.3, 0.4) is 0 Å². The number of benzene rings is 3. The van der Waals surface area contributed by atoms with E-state index in [9.17, 15) is 17.6 Å². The molecule has 0 unspecified atom stereocenters. The van der Waals surface area contributed by atoms with Crippen LogP contribution < -0.4 is 14.4 Å². The predicted molar refractivity (Wildman–Crippen MR) is 119 cm³/mol. The van der Waals surface area contributed by atoms with Crippen LogP contribution in [-0.2, 0) is 14.8 Å². The molecular formula is C22H20ClFN2O4S. The van der Waals surface area contributed by atoms with Gasteiger partial charge in [-0.15, -0.1) is 0 Å². The molecule has 0 radical (unpaired) electrons. The van der Waals surface area contributed by atoms with Gasteiger partial charge in [-0.3, -0.25) is 9.10 Å². The zero-order valence-corrected chi connectivity index (χ0v) is 18.2. The highest BCUT2D eigenvalue weighted by atomic mass is 35.5. The molecule has 0 fully saturated rings. The molecule has 0 aromatic heterocycles. The minimum Gasteiger partial charge on any atom is -0.494 e. The first kappa shape index (κ1) is 22.6. The first-order valence-corrected chi connectivity index (χ1v) is 11.2. The first-order chi connectivity index (χ1) is 14.8. The number of sulfonamides is 1. The van der Waals surface area contributed by atoms with Gasteiger partial charge in [0.1, 0.15) is 18.1 Å². The molecule has 0 saturated carbocycles. The molecule has 0 bridgehead atoms. The van der Waals surface area contributed by atoms with E-state index in [1.807, 2.05) is 6.92 Å². The minimum atomic E-state index is -4.11. The standard InChI is InChI=1S/C22H20ClFN2O4S/c1-2-30-18-11-8-16(9-12-18)25-22(27)15-26(17-10-13-21(24)20(23)14-17)31(28,29)19-6-4-3-5-7-19/h3-14H,2,15H2,1H3,(H,25,27). The van der Waals surface area contributed by atoms with Crippen molar-refractivity contribution < 1.29 is 22.3 Å². The van der Waals surface area contributed by atoms with Crippen LogP contribution in [-0.4, -0.2) is 27.5 Å². The van der Waals surface area contributed by atoms with Crippen LogP contribution >= 0.6 is 11.6 Å². The molecule has 0 spiro atoms. The highest BCUT2D eigenvalue weighted by Crippen LogP contribution is 2.28. The van der Waals surface area contributed by atoms with Crippen LogP contribution in [0, 0.1) is 5.82 Å². The summed E-state index contributed by atoms with van der Waals surface area (Å²) < 4.78 is 46.3. The molecular weight excluding hydrogens is 443 g/mol. The van der Waals surface area contributed by atoms with Crippen molar-refractivity contribution in [2.75, 3.05) is 22.8 Å². The SMILES string of the molecule is CCOc1ccc(NC(=O)CN(c2ccc(F)c(Cl)c2)S(=O)(=O)c2ccccc2)cc1. The highest BCUT2D eigenvalue weighted by Gasteiger charge is 2.27. The number of rotatable bonds is 8. The second kappa shape index (κ2) is 9.80. The number of carbonyl (C=O) groups excluding carboxylic acids is 1. The lowest BCUT2D eigenvalue weighted by molar-refractivity contribution is -0.114. The van der Waals surface area contributed by atoms with E-state index in [1.165, 1.54) is 24.3 Å². The Labute approximate surface area is 185 Å². The Morgan fingerprint density at radius 2 is 1.74 bits per heavy atom. The van der Waals surface area contributed by atoms with Crippen molar-refractivity contribution in [2.24, 2.45) is 0 Å². The number of halogens is 2. The van der Waals surface area contributed by atoms with E-state index in [1.54, 1.807) is 42.5 Å². The summed E-state index contributed by atoms with van der Waals surface area (Å²) in [6, 6.07) is 17.8. The maximum absolute atomic E-state index is 13.6. The smallest absolute Gasteiger partial charge is 0.264 e. The van der Waals surface area contributed by atoms with E-state index in [2.05, 4.69) is 5.32 Å². The molecule has 31 heavy (non-hydrogen) atoms. The number of hydrogen-bond acceptors (Lipinski definition) is 4. The highest BCUT2D eigenvalue weighted by molar-refractivity contribution is 7.92. The zero-order chi connectivity index (χ0) is 22.4. The Hall–Kier alpha value is -3.10. The number of nitrogens with one attached hydrogen (secondary N) is 1. The lowest BCUT2D eigenvalue weighted by Crippen LogP contribution is -2.38. The Kier molecular flexibility index (Phi) is 7.14. The van der Waals surface area contributed by atoms with E-state index in [-0.39, 0.29) is 15.6 Å². The van der Waals surface area contributed by atoms with Crippen molar-refractivity contribution in [3.63, 3.8) is 0 Å². The van der Waals surface area contributed by atoms with Crippen molar-refractivity contribution in [3.8, 4) is 5.75 Å². The molecule has 0 saturated heterocycles. The van der Waals surface area contributed by atoms with E-state index in [0.717, 1.165) is 10.4 Å². The molecule has 3 aromatic carbocycles. The summed E-state index contributed by atoms with van der Waals surface area (Å²) in [4.78, 5) is 12.7. The van der Waals surface area contributed by atoms with Crippen LogP contribution in [0.2, 0.25) is 5.02 Å². The third-order valence-corrected chi connectivity index (χ3v) is 6.34. The number of anilines is 2. The summed E-state index contributed by atoms with van der Waals surface area (Å²) >= 11 is 5.85. The van der Waals surface area contributed by atoms with Crippen LogP contribution in [0.5, 0.6) is 5.75 Å². The van der Waals surface area contributed by atoms with Gasteiger partial charge in [0.15, 0.2) is 0 Å². The van der Waals surface area contributed by atoms with Gasteiger partial charge in [0.25, 0.3) is 10.0 Å². The molecule has 3 rings (SSSR count). The number of ether oxygens (including phenoxy) is 1. The summed E-state index contributed by atoms with van der Waals surface area (Å²) in [5.41, 5.74) is 0.541. The third-order valence-electron chi connectivity index (χ3n) is 4.26. The average molecular weight is 463 g/mol. The van der Waals surface area contributed by atoms with Crippen molar-refractivity contribution in [2.45, 2.75) is 11.8 Å². The topological polar surface area (TPSA) is 75.7 Å². The average Bonchev–Trinajstić information content (AvgIpc) is 2.76. The van der Waals surface area contributed by atoms with Crippen molar-refractivity contribution >= 4 is 38.9 Å². The maximum atomic E-state index is 13.6. The molecule has 162 valence electrons. The van der Waals surface area contributed by atoms with Crippen LogP contribution in [0.25, 0.3) is 0 Å². The van der Waals surface area contributed by atoms with E-state index in [0.29, 0.717) is 18.0 Å². The quantitative estimate of drug-likeness (QED) is 0.526. The van der Waals surface area contributed by atoms with Gasteiger partial charge in [-0.05, 0) is 61.5 Å². The van der Waals surface area contributed by atoms with E-state index >= 15 is 0 Å². The fraction of sp³-hybridized carbons (Fsp3) is 0.136. The van der Waals surface area contributed by atoms with Crippen LogP contribution in [0.15, 0.2) is 77.7 Å². The van der Waals surface area contributed by atoms with Crippen molar-refractivity contribution in [1.29, 1.82) is 0 Å². The van der Waals surface area contributed by atoms with Gasteiger partial charge >= 0.3 is 0 Å². The summed E-state index contributed by atoms with van der Waals surface area (Å²) in [5.74, 6) is -0.625. The number of amides is 1. The van der Waals surface area contributed by atoms with Gasteiger partial charge in [-0.25, -0.2) is 12.8 Å². The molecule has 9 heteroatoms. The maximum Gasteiger partial charge on any atom is 0.264 e. The van der Waals surface area contributed by atoms with Gasteiger partial charge in [-0.1, -0.05) is 29.8 Å². The third kappa shape index (κ3) is 5.53. The largest absolute Gasteiger partial charge is 0.494 e. The lowest BCUT2D eigenvalue weighted by Gasteiger charge is -2.24. The van der Waals surface area contributed by atoms with Crippen molar-refractivity contribution in [3.05, 3.63) is 83.6 Å². The number of nitrogens with zero attached hydrogens (tertiary/aromatic N) is 1. The van der Waals surface area contributed by atoms with Gasteiger partial charge in [-0.2, -0.15) is 0 Å². The van der Waals surface area contributed by atoms with Gasteiger partial charge in [0.05, 0.1) is 22.2 Å². The van der Waals surface area contributed by atoms with Gasteiger partial charge < -0.3 is 10.1 Å². The molecule has 3 aromatic rings. The minimum absolute atomic E-state index is 0.00989. The summed E-state index contributed by atoms with van der Waals surface area (Å²) in [7, 11) is -4.11. The normalized spacial score (nSPS) is 11.1. The Bertz CT molecular complexity index is 1160. The Morgan fingerprint density at radius 1 is 1.06 bits per heavy atom. The van der Waals surface area contributed by atoms with E-state index in [4.69, 9.17) is 16.3 Å². The Morgan fingerprint density at radius 3 is 2.35 bits per heavy atom. The van der Waals surface area contributed by atoms with Crippen molar-refractivity contribution in [1.82, 2.24) is 0 Å². The van der Waals surface area contributed by atoms with Crippen LogP contribution in [0.4, 0.5) is 15.8 Å². The number of carbonyl (C=O) groups is 1. The lowest BCUT2D eigenvalue weighted by atomic mass is 10.3. The molecule has 1 N–H and O–H groups in total. The summed E-state index contributed by atoms with van der Waals surface area (Å²) in [6.07, 6.45) is 0. The monoisotopic (exact) mass is 462 g/mol. The predicted octanol–water partition coefficient (Wildman–Crippen LogP) is 4.71. The number of hydrogen-bond donors (Lipinski definition) is 1. The van der Waals surface area contributed by atoms with Gasteiger partial charge in [0.2, 0.25) is 5.91 Å². The second-order valence-corrected chi connectivity index (χ2v) is 8.70.